The van der Waals surface area contributed by atoms with Gasteiger partial charge in [0.25, 0.3) is 0 Å². The average Bonchev–Trinajstić information content (AvgIpc) is 2.88. The van der Waals surface area contributed by atoms with Crippen LogP contribution >= 0.6 is 0 Å². The lowest BCUT2D eigenvalue weighted by atomic mass is 9.97. The molecule has 1 atom stereocenters. The molecule has 0 fully saturated rings. The Hall–Kier alpha value is -0.433. The van der Waals surface area contributed by atoms with Crippen molar-refractivity contribution >= 4 is 14.7 Å². The lowest BCUT2D eigenvalue weighted by Crippen LogP contribution is -2.56. The smallest absolute Gasteiger partial charge is 0.374 e. The highest BCUT2D eigenvalue weighted by molar-refractivity contribution is 6.61. The molecule has 1 unspecified atom stereocenters. The van der Waals surface area contributed by atoms with Gasteiger partial charge in [0, 0.05) is 19.3 Å². The van der Waals surface area contributed by atoms with Crippen molar-refractivity contribution < 1.29 is 18.1 Å². The minimum absolute atomic E-state index is 0.414. The van der Waals surface area contributed by atoms with E-state index < -0.39 is 20.3 Å². The largest absolute Gasteiger partial charge is 0.501 e. The van der Waals surface area contributed by atoms with Crippen LogP contribution in [0.5, 0.6) is 0 Å². The van der Waals surface area contributed by atoms with Gasteiger partial charge in [0.2, 0.25) is 5.91 Å². The van der Waals surface area contributed by atoms with Crippen molar-refractivity contribution in [3.05, 3.63) is 0 Å². The fourth-order valence-electron chi connectivity index (χ4n) is 5.33. The fourth-order valence-corrected chi connectivity index (χ4v) is 8.30. The Bertz CT molecular complexity index is 517. The van der Waals surface area contributed by atoms with Crippen molar-refractivity contribution in [2.75, 3.05) is 13.2 Å². The molecule has 0 aromatic carbocycles. The zero-order valence-electron chi connectivity index (χ0n) is 26.4. The van der Waals surface area contributed by atoms with Gasteiger partial charge in [0.05, 0.1) is 0 Å². The van der Waals surface area contributed by atoms with Crippen LogP contribution < -0.4 is 5.73 Å². The van der Waals surface area contributed by atoms with Crippen LogP contribution in [0.4, 0.5) is 0 Å². The average molecular weight is 558 g/mol. The molecule has 0 aliphatic heterocycles. The highest BCUT2D eigenvalue weighted by Gasteiger charge is 2.48. The SMILES string of the molecule is CCCCCCCCCCCCCCCCCCCCCCC(C)(O[Si](CCC)(OCC)OCC)C(N)=O. The van der Waals surface area contributed by atoms with Crippen LogP contribution in [0.15, 0.2) is 0 Å². The summed E-state index contributed by atoms with van der Waals surface area (Å²) in [6.45, 7) is 11.1. The second-order valence-corrected chi connectivity index (χ2v) is 14.1. The lowest BCUT2D eigenvalue weighted by Gasteiger charge is -2.37. The summed E-state index contributed by atoms with van der Waals surface area (Å²) in [4.78, 5) is 12.4. The van der Waals surface area contributed by atoms with Crippen molar-refractivity contribution in [2.24, 2.45) is 5.73 Å². The summed E-state index contributed by atoms with van der Waals surface area (Å²) < 4.78 is 18.3. The van der Waals surface area contributed by atoms with Gasteiger partial charge in [-0.3, -0.25) is 4.79 Å². The highest BCUT2D eigenvalue weighted by atomic mass is 28.4. The summed E-state index contributed by atoms with van der Waals surface area (Å²) in [5, 5.41) is 0. The molecule has 0 aliphatic rings. The maximum atomic E-state index is 12.4. The van der Waals surface area contributed by atoms with Crippen LogP contribution in [0.25, 0.3) is 0 Å². The van der Waals surface area contributed by atoms with Crippen molar-refractivity contribution in [2.45, 2.75) is 188 Å². The van der Waals surface area contributed by atoms with E-state index in [0.717, 1.165) is 19.3 Å². The molecule has 0 saturated heterocycles. The number of nitrogens with two attached hydrogens (primary N) is 1. The van der Waals surface area contributed by atoms with E-state index in [9.17, 15) is 4.79 Å². The van der Waals surface area contributed by atoms with Crippen molar-refractivity contribution in [3.8, 4) is 0 Å². The summed E-state index contributed by atoms with van der Waals surface area (Å²) in [6, 6.07) is 0.705. The van der Waals surface area contributed by atoms with Crippen LogP contribution in [0, 0.1) is 0 Å². The molecule has 5 nitrogen and oxygen atoms in total. The highest BCUT2D eigenvalue weighted by Crippen LogP contribution is 2.29. The van der Waals surface area contributed by atoms with Crippen LogP contribution in [-0.4, -0.2) is 33.5 Å². The molecule has 0 rings (SSSR count). The third-order valence-corrected chi connectivity index (χ3v) is 11.0. The first kappa shape index (κ1) is 37.6. The van der Waals surface area contributed by atoms with Gasteiger partial charge in [0.1, 0.15) is 5.60 Å². The van der Waals surface area contributed by atoms with E-state index in [-0.39, 0.29) is 0 Å². The second kappa shape index (κ2) is 25.5. The normalized spacial score (nSPS) is 13.6. The van der Waals surface area contributed by atoms with Crippen LogP contribution in [0.2, 0.25) is 6.04 Å². The third-order valence-electron chi connectivity index (χ3n) is 7.69. The predicted octanol–water partition coefficient (Wildman–Crippen LogP) is 9.88. The molecule has 0 bridgehead atoms. The molecule has 6 heteroatoms. The Labute approximate surface area is 239 Å². The minimum Gasteiger partial charge on any atom is -0.374 e. The Kier molecular flexibility index (Phi) is 25.2. The first-order valence-corrected chi connectivity index (χ1v) is 18.6. The molecule has 0 radical (unpaired) electrons. The zero-order chi connectivity index (χ0) is 28.4. The topological polar surface area (TPSA) is 70.8 Å². The van der Waals surface area contributed by atoms with Crippen LogP contribution in [0.1, 0.15) is 176 Å². The molecule has 0 aromatic rings. The Morgan fingerprint density at radius 3 is 1.21 bits per heavy atom. The monoisotopic (exact) mass is 557 g/mol. The molecule has 0 heterocycles. The van der Waals surface area contributed by atoms with Crippen molar-refractivity contribution in [3.63, 3.8) is 0 Å². The minimum atomic E-state index is -2.91. The van der Waals surface area contributed by atoms with E-state index in [1.165, 1.54) is 116 Å². The molecule has 0 saturated carbocycles. The quantitative estimate of drug-likeness (QED) is 0.0704. The third kappa shape index (κ3) is 19.6. The van der Waals surface area contributed by atoms with E-state index >= 15 is 0 Å². The molecular weight excluding hydrogens is 490 g/mol. The van der Waals surface area contributed by atoms with Gasteiger partial charge in [-0.1, -0.05) is 149 Å². The lowest BCUT2D eigenvalue weighted by molar-refractivity contribution is -0.138. The van der Waals surface area contributed by atoms with Gasteiger partial charge in [-0.25, -0.2) is 0 Å². The summed E-state index contributed by atoms with van der Waals surface area (Å²) in [6.07, 6.45) is 28.6. The maximum absolute atomic E-state index is 12.4. The summed E-state index contributed by atoms with van der Waals surface area (Å²) in [7, 11) is -2.91. The number of amides is 1. The Balaban J connectivity index is 3.83. The summed E-state index contributed by atoms with van der Waals surface area (Å²) >= 11 is 0. The Morgan fingerprint density at radius 1 is 0.579 bits per heavy atom. The molecular formula is C32H67NO4Si. The van der Waals surface area contributed by atoms with E-state index in [4.69, 9.17) is 19.0 Å². The number of hydrogen-bond acceptors (Lipinski definition) is 4. The van der Waals surface area contributed by atoms with E-state index in [1.807, 2.05) is 20.8 Å². The van der Waals surface area contributed by atoms with Gasteiger partial charge in [0.15, 0.2) is 0 Å². The molecule has 0 aliphatic carbocycles. The molecule has 228 valence electrons. The fraction of sp³-hybridized carbons (Fsp3) is 0.969. The van der Waals surface area contributed by atoms with E-state index in [2.05, 4.69) is 13.8 Å². The predicted molar refractivity (Wildman–Crippen MR) is 165 cm³/mol. The van der Waals surface area contributed by atoms with Gasteiger partial charge >= 0.3 is 8.80 Å². The molecule has 1 amide bonds. The van der Waals surface area contributed by atoms with Crippen LogP contribution in [-0.2, 0) is 18.1 Å². The summed E-state index contributed by atoms with van der Waals surface area (Å²) in [5.74, 6) is -0.414. The van der Waals surface area contributed by atoms with Crippen molar-refractivity contribution in [1.82, 2.24) is 0 Å². The van der Waals surface area contributed by atoms with Gasteiger partial charge in [-0.2, -0.15) is 0 Å². The first-order chi connectivity index (χ1) is 18.4. The zero-order valence-corrected chi connectivity index (χ0v) is 27.4. The van der Waals surface area contributed by atoms with Gasteiger partial charge < -0.3 is 19.0 Å². The van der Waals surface area contributed by atoms with Crippen molar-refractivity contribution in [1.29, 1.82) is 0 Å². The van der Waals surface area contributed by atoms with Gasteiger partial charge in [-0.15, -0.1) is 0 Å². The molecule has 0 aromatic heterocycles. The number of carbonyl (C=O) groups is 1. The first-order valence-electron chi connectivity index (χ1n) is 16.7. The molecule has 2 N–H and O–H groups in total. The van der Waals surface area contributed by atoms with Gasteiger partial charge in [-0.05, 0) is 27.2 Å². The second-order valence-electron chi connectivity index (χ2n) is 11.5. The standard InChI is InChI=1S/C32H67NO4Si/c1-6-10-11-12-13-14-15-16-17-18-19-20-21-22-23-24-25-26-27-28-29-32(5,31(33)34)37-38(30-7-2,35-8-3)36-9-4/h6-30H2,1-5H3,(H2,33,34). The number of rotatable bonds is 30. The van der Waals surface area contributed by atoms with Crippen LogP contribution in [0.3, 0.4) is 0 Å². The number of primary amides is 1. The number of hydrogen-bond donors (Lipinski definition) is 1. The maximum Gasteiger partial charge on any atom is 0.501 e. The number of carbonyl (C=O) groups excluding carboxylic acids is 1. The number of unbranched alkanes of at least 4 members (excludes halogenated alkanes) is 19. The summed E-state index contributed by atoms with van der Waals surface area (Å²) in [5.41, 5.74) is 4.77. The van der Waals surface area contributed by atoms with E-state index in [0.29, 0.717) is 25.7 Å². The molecule has 38 heavy (non-hydrogen) atoms. The molecule has 0 spiro atoms. The van der Waals surface area contributed by atoms with E-state index in [1.54, 1.807) is 0 Å². The Morgan fingerprint density at radius 2 is 0.921 bits per heavy atom.